The van der Waals surface area contributed by atoms with Crippen molar-refractivity contribution in [3.63, 3.8) is 0 Å². The van der Waals surface area contributed by atoms with Crippen molar-refractivity contribution >= 4 is 5.91 Å². The fourth-order valence-electron chi connectivity index (χ4n) is 2.71. The number of morpholine rings is 1. The third-order valence-electron chi connectivity index (χ3n) is 4.06. The normalized spacial score (nSPS) is 17.6. The van der Waals surface area contributed by atoms with E-state index in [4.69, 9.17) is 9.47 Å². The Morgan fingerprint density at radius 2 is 2.12 bits per heavy atom. The highest BCUT2D eigenvalue weighted by Crippen LogP contribution is 2.21. The zero-order valence-electron chi connectivity index (χ0n) is 13.5. The highest BCUT2D eigenvalue weighted by atomic mass is 16.5. The number of aromatic nitrogens is 1. The Balaban J connectivity index is 1.79. The van der Waals surface area contributed by atoms with Gasteiger partial charge in [-0.1, -0.05) is 18.2 Å². The van der Waals surface area contributed by atoms with E-state index in [2.05, 4.69) is 4.98 Å². The topological polar surface area (TPSA) is 71.9 Å². The number of aliphatic hydroxyl groups excluding tert-OH is 1. The second kappa shape index (κ2) is 7.42. The summed E-state index contributed by atoms with van der Waals surface area (Å²) < 4.78 is 10.4. The Hall–Kier alpha value is -2.44. The smallest absolute Gasteiger partial charge is 0.254 e. The summed E-state index contributed by atoms with van der Waals surface area (Å²) in [6.07, 6.45) is 0. The number of methoxy groups -OCH3 is 1. The molecule has 1 aromatic carbocycles. The van der Waals surface area contributed by atoms with Crippen LogP contribution in [0.15, 0.2) is 42.5 Å². The molecule has 6 heteroatoms. The Kier molecular flexibility index (Phi) is 5.08. The van der Waals surface area contributed by atoms with Crippen LogP contribution in [-0.2, 0) is 4.74 Å². The molecule has 0 aliphatic carbocycles. The van der Waals surface area contributed by atoms with Crippen LogP contribution in [0.5, 0.6) is 5.88 Å². The molecule has 0 radical (unpaired) electrons. The molecule has 126 valence electrons. The van der Waals surface area contributed by atoms with E-state index in [0.717, 1.165) is 11.3 Å². The average molecular weight is 328 g/mol. The molecule has 1 fully saturated rings. The number of carbonyl (C=O) groups is 1. The zero-order valence-corrected chi connectivity index (χ0v) is 13.5. The fraction of sp³-hybridized carbons (Fsp3) is 0.333. The second-order valence-corrected chi connectivity index (χ2v) is 5.55. The van der Waals surface area contributed by atoms with Gasteiger partial charge in [0.15, 0.2) is 0 Å². The zero-order chi connectivity index (χ0) is 16.9. The van der Waals surface area contributed by atoms with Gasteiger partial charge < -0.3 is 19.5 Å². The first kappa shape index (κ1) is 16.4. The third kappa shape index (κ3) is 3.39. The Labute approximate surface area is 140 Å². The average Bonchev–Trinajstić information content (AvgIpc) is 2.67. The lowest BCUT2D eigenvalue weighted by atomic mass is 10.1. The summed E-state index contributed by atoms with van der Waals surface area (Å²) in [5.74, 6) is 0.453. The van der Waals surface area contributed by atoms with Gasteiger partial charge >= 0.3 is 0 Å². The molecule has 0 spiro atoms. The van der Waals surface area contributed by atoms with Gasteiger partial charge in [0.2, 0.25) is 5.88 Å². The van der Waals surface area contributed by atoms with Crippen molar-refractivity contribution in [1.82, 2.24) is 9.88 Å². The molecular weight excluding hydrogens is 308 g/mol. The number of nitrogens with zero attached hydrogens (tertiary/aromatic N) is 2. The molecule has 0 saturated carbocycles. The number of rotatable bonds is 4. The molecule has 1 amide bonds. The summed E-state index contributed by atoms with van der Waals surface area (Å²) in [5, 5.41) is 9.41. The largest absolute Gasteiger partial charge is 0.481 e. The quantitative estimate of drug-likeness (QED) is 0.923. The van der Waals surface area contributed by atoms with E-state index >= 15 is 0 Å². The summed E-state index contributed by atoms with van der Waals surface area (Å²) in [6.45, 7) is 1.25. The molecule has 1 atom stereocenters. The summed E-state index contributed by atoms with van der Waals surface area (Å²) in [6, 6.07) is 12.6. The predicted molar refractivity (Wildman–Crippen MR) is 89.0 cm³/mol. The minimum absolute atomic E-state index is 0.0949. The van der Waals surface area contributed by atoms with Crippen molar-refractivity contribution in [2.75, 3.05) is 33.5 Å². The standard InChI is InChI=1S/C18H20N2O4/c1-23-17-4-2-3-16(19-17)13-5-7-14(8-6-13)18(22)20-9-10-24-12-15(20)11-21/h2-8,15,21H,9-12H2,1H3/t15-/m1/s1. The summed E-state index contributed by atoms with van der Waals surface area (Å²) >= 11 is 0. The van der Waals surface area contributed by atoms with E-state index in [1.807, 2.05) is 24.3 Å². The Morgan fingerprint density at radius 3 is 2.83 bits per heavy atom. The summed E-state index contributed by atoms with van der Waals surface area (Å²) in [4.78, 5) is 18.7. The second-order valence-electron chi connectivity index (χ2n) is 5.55. The van der Waals surface area contributed by atoms with Gasteiger partial charge in [0.05, 0.1) is 38.7 Å². The van der Waals surface area contributed by atoms with Crippen LogP contribution in [0.2, 0.25) is 0 Å². The van der Waals surface area contributed by atoms with E-state index in [1.165, 1.54) is 0 Å². The van der Waals surface area contributed by atoms with Crippen LogP contribution in [0.25, 0.3) is 11.3 Å². The molecule has 1 N–H and O–H groups in total. The first-order valence-electron chi connectivity index (χ1n) is 7.84. The molecule has 2 aromatic rings. The summed E-state index contributed by atoms with van der Waals surface area (Å²) in [5.41, 5.74) is 2.28. The van der Waals surface area contributed by atoms with Crippen molar-refractivity contribution in [1.29, 1.82) is 0 Å². The number of benzene rings is 1. The van der Waals surface area contributed by atoms with Gasteiger partial charge in [-0.2, -0.15) is 0 Å². The van der Waals surface area contributed by atoms with Crippen molar-refractivity contribution in [2.45, 2.75) is 6.04 Å². The van der Waals surface area contributed by atoms with Gasteiger partial charge in [-0.15, -0.1) is 0 Å². The SMILES string of the molecule is COc1cccc(-c2ccc(C(=O)N3CCOC[C@H]3CO)cc2)n1. The third-order valence-corrected chi connectivity index (χ3v) is 4.06. The molecular formula is C18H20N2O4. The number of carbonyl (C=O) groups excluding carboxylic acids is 1. The molecule has 3 rings (SSSR count). The lowest BCUT2D eigenvalue weighted by Gasteiger charge is -2.34. The van der Waals surface area contributed by atoms with E-state index in [0.29, 0.717) is 31.2 Å². The van der Waals surface area contributed by atoms with Gasteiger partial charge in [0, 0.05) is 23.7 Å². The molecule has 0 bridgehead atoms. The minimum atomic E-state index is -0.286. The van der Waals surface area contributed by atoms with Gasteiger partial charge in [0.1, 0.15) is 0 Å². The van der Waals surface area contributed by atoms with Gasteiger partial charge in [-0.3, -0.25) is 4.79 Å². The lowest BCUT2D eigenvalue weighted by Crippen LogP contribution is -2.50. The van der Waals surface area contributed by atoms with Crippen LogP contribution in [-0.4, -0.2) is 60.4 Å². The van der Waals surface area contributed by atoms with Gasteiger partial charge in [0.25, 0.3) is 5.91 Å². The van der Waals surface area contributed by atoms with Crippen LogP contribution in [0.3, 0.4) is 0 Å². The van der Waals surface area contributed by atoms with Gasteiger partial charge in [-0.25, -0.2) is 4.98 Å². The number of amides is 1. The molecule has 1 aromatic heterocycles. The Morgan fingerprint density at radius 1 is 1.33 bits per heavy atom. The maximum Gasteiger partial charge on any atom is 0.254 e. The van der Waals surface area contributed by atoms with Crippen LogP contribution in [0.4, 0.5) is 0 Å². The predicted octanol–water partition coefficient (Wildman–Crippen LogP) is 1.59. The van der Waals surface area contributed by atoms with Crippen molar-refractivity contribution in [3.8, 4) is 17.1 Å². The van der Waals surface area contributed by atoms with Crippen molar-refractivity contribution in [3.05, 3.63) is 48.0 Å². The molecule has 2 heterocycles. The maximum atomic E-state index is 12.6. The Bertz CT molecular complexity index is 702. The van der Waals surface area contributed by atoms with Crippen LogP contribution >= 0.6 is 0 Å². The molecule has 6 nitrogen and oxygen atoms in total. The molecule has 1 saturated heterocycles. The maximum absolute atomic E-state index is 12.6. The first-order valence-corrected chi connectivity index (χ1v) is 7.84. The fourth-order valence-corrected chi connectivity index (χ4v) is 2.71. The van der Waals surface area contributed by atoms with Crippen LogP contribution in [0.1, 0.15) is 10.4 Å². The molecule has 0 unspecified atom stereocenters. The van der Waals surface area contributed by atoms with Crippen molar-refractivity contribution < 1.29 is 19.4 Å². The van der Waals surface area contributed by atoms with Crippen LogP contribution in [0, 0.1) is 0 Å². The summed E-state index contributed by atoms with van der Waals surface area (Å²) in [7, 11) is 1.58. The number of aliphatic hydroxyl groups is 1. The molecule has 24 heavy (non-hydrogen) atoms. The molecule has 1 aliphatic rings. The van der Waals surface area contributed by atoms with Crippen LogP contribution < -0.4 is 4.74 Å². The monoisotopic (exact) mass is 328 g/mol. The number of ether oxygens (including phenoxy) is 2. The van der Waals surface area contributed by atoms with Gasteiger partial charge in [-0.05, 0) is 18.2 Å². The van der Waals surface area contributed by atoms with E-state index in [1.54, 1.807) is 30.2 Å². The molecule has 1 aliphatic heterocycles. The first-order chi connectivity index (χ1) is 11.7. The highest BCUT2D eigenvalue weighted by molar-refractivity contribution is 5.95. The number of hydrogen-bond donors (Lipinski definition) is 1. The number of pyridine rings is 1. The number of hydrogen-bond acceptors (Lipinski definition) is 5. The highest BCUT2D eigenvalue weighted by Gasteiger charge is 2.27. The van der Waals surface area contributed by atoms with E-state index in [9.17, 15) is 9.90 Å². The lowest BCUT2D eigenvalue weighted by molar-refractivity contribution is -0.0183. The van der Waals surface area contributed by atoms with Crippen molar-refractivity contribution in [2.24, 2.45) is 0 Å². The van der Waals surface area contributed by atoms with E-state index in [-0.39, 0.29) is 18.6 Å². The minimum Gasteiger partial charge on any atom is -0.481 e. The van der Waals surface area contributed by atoms with E-state index < -0.39 is 0 Å².